The number of carbonyl (C=O) groups excluding carboxylic acids is 2. The van der Waals surface area contributed by atoms with E-state index in [2.05, 4.69) is 9.71 Å². The number of thiazole rings is 1. The fraction of sp³-hybridized carbons (Fsp3) is 0.458. The van der Waals surface area contributed by atoms with E-state index in [1.165, 1.54) is 22.1 Å². The summed E-state index contributed by atoms with van der Waals surface area (Å²) in [5.74, 6) is -0.267. The molecule has 0 bridgehead atoms. The quantitative estimate of drug-likeness (QED) is 0.357. The van der Waals surface area contributed by atoms with E-state index in [4.69, 9.17) is 4.74 Å². The number of carbonyl (C=O) groups is 2. The van der Waals surface area contributed by atoms with Gasteiger partial charge in [-0.1, -0.05) is 25.1 Å². The average Bonchev–Trinajstić information content (AvgIpc) is 3.35. The molecule has 3 aromatic rings. The maximum absolute atomic E-state index is 13.4. The van der Waals surface area contributed by atoms with Crippen LogP contribution in [-0.2, 0) is 16.1 Å². The molecular weight excluding hydrogens is 458 g/mol. The van der Waals surface area contributed by atoms with Gasteiger partial charge in [-0.05, 0) is 54.0 Å². The minimum atomic E-state index is -1.26. The Labute approximate surface area is 201 Å². The van der Waals surface area contributed by atoms with E-state index in [1.807, 2.05) is 45.2 Å². The first-order chi connectivity index (χ1) is 15.3. The van der Waals surface area contributed by atoms with Crippen molar-refractivity contribution in [3.63, 3.8) is 0 Å². The van der Waals surface area contributed by atoms with Gasteiger partial charge in [-0.15, -0.1) is 16.1 Å². The largest absolute Gasteiger partial charge is 0.598 e. The Morgan fingerprint density at radius 2 is 1.88 bits per heavy atom. The standard InChI is InChI=1S/C24H31N3O4S2/c1-8-17(26-33(30)24(5,6)7)18-14-32-21(25-18)20(28)16-13-27(22(29)31-23(2,3)4)19-12-10-9-11-15(16)19/h9-14,17,26H,8H2,1-7H3/t17?,33-/m0/s1. The highest BCUT2D eigenvalue weighted by Crippen LogP contribution is 2.28. The molecule has 0 saturated carbocycles. The van der Waals surface area contributed by atoms with Crippen LogP contribution < -0.4 is 4.72 Å². The smallest absolute Gasteiger partial charge is 0.419 e. The van der Waals surface area contributed by atoms with Crippen LogP contribution in [0.4, 0.5) is 4.79 Å². The van der Waals surface area contributed by atoms with Crippen LogP contribution in [0.5, 0.6) is 0 Å². The first-order valence-corrected chi connectivity index (χ1v) is 12.9. The molecule has 0 fully saturated rings. The van der Waals surface area contributed by atoms with Crippen molar-refractivity contribution in [3.05, 3.63) is 52.1 Å². The zero-order valence-electron chi connectivity index (χ0n) is 20.1. The van der Waals surface area contributed by atoms with Crippen molar-refractivity contribution in [2.24, 2.45) is 0 Å². The van der Waals surface area contributed by atoms with Gasteiger partial charge in [-0.2, -0.15) is 0 Å². The Morgan fingerprint density at radius 3 is 2.48 bits per heavy atom. The molecule has 2 aromatic heterocycles. The molecule has 1 aromatic carbocycles. The maximum Gasteiger partial charge on any atom is 0.419 e. The van der Waals surface area contributed by atoms with Crippen molar-refractivity contribution in [1.82, 2.24) is 14.3 Å². The number of nitrogens with zero attached hydrogens (tertiary/aromatic N) is 2. The third-order valence-corrected chi connectivity index (χ3v) is 7.30. The van der Waals surface area contributed by atoms with Crippen molar-refractivity contribution >= 4 is 45.5 Å². The molecular formula is C24H31N3O4S2. The molecule has 0 saturated heterocycles. The summed E-state index contributed by atoms with van der Waals surface area (Å²) in [6.07, 6.45) is 1.65. The molecule has 2 atom stereocenters. The van der Waals surface area contributed by atoms with Gasteiger partial charge in [0.1, 0.15) is 10.3 Å². The first kappa shape index (κ1) is 25.4. The molecule has 0 aliphatic rings. The van der Waals surface area contributed by atoms with Gasteiger partial charge in [0.05, 0.1) is 22.8 Å². The summed E-state index contributed by atoms with van der Waals surface area (Å²) in [7, 11) is 0. The van der Waals surface area contributed by atoms with E-state index in [0.29, 0.717) is 33.6 Å². The molecule has 0 aliphatic heterocycles. The van der Waals surface area contributed by atoms with E-state index in [-0.39, 0.29) is 11.8 Å². The summed E-state index contributed by atoms with van der Waals surface area (Å²) in [4.78, 5) is 30.7. The van der Waals surface area contributed by atoms with Crippen molar-refractivity contribution in [2.75, 3.05) is 0 Å². The van der Waals surface area contributed by atoms with Crippen LogP contribution in [0.25, 0.3) is 10.9 Å². The second-order valence-electron chi connectivity index (χ2n) is 9.78. The lowest BCUT2D eigenvalue weighted by Gasteiger charge is -2.26. The molecule has 0 aliphatic carbocycles. The molecule has 178 valence electrons. The highest BCUT2D eigenvalue weighted by Gasteiger charge is 2.31. The number of hydrogen-bond donors (Lipinski definition) is 1. The minimum absolute atomic E-state index is 0.231. The molecule has 7 nitrogen and oxygen atoms in total. The Hall–Kier alpha value is -2.20. The van der Waals surface area contributed by atoms with Crippen LogP contribution >= 0.6 is 11.3 Å². The van der Waals surface area contributed by atoms with Crippen molar-refractivity contribution in [2.45, 2.75) is 71.3 Å². The third kappa shape index (κ3) is 5.84. The molecule has 33 heavy (non-hydrogen) atoms. The molecule has 0 spiro atoms. The number of ketones is 1. The summed E-state index contributed by atoms with van der Waals surface area (Å²) >= 11 is -0.0174. The Morgan fingerprint density at radius 1 is 1.21 bits per heavy atom. The third-order valence-electron chi connectivity index (χ3n) is 4.83. The molecule has 0 amide bonds. The normalized spacial score (nSPS) is 14.3. The number of hydrogen-bond acceptors (Lipinski definition) is 7. The fourth-order valence-corrected chi connectivity index (χ4v) is 4.87. The van der Waals surface area contributed by atoms with Gasteiger partial charge in [-0.3, -0.25) is 9.36 Å². The fourth-order valence-electron chi connectivity index (χ4n) is 3.15. The highest BCUT2D eigenvalue weighted by molar-refractivity contribution is 7.90. The topological polar surface area (TPSA) is 96.3 Å². The van der Waals surface area contributed by atoms with Gasteiger partial charge in [0.25, 0.3) is 0 Å². The van der Waals surface area contributed by atoms with Crippen molar-refractivity contribution in [3.8, 4) is 0 Å². The Kier molecular flexibility index (Phi) is 7.38. The van der Waals surface area contributed by atoms with E-state index < -0.39 is 27.8 Å². The number of benzene rings is 1. The molecule has 3 rings (SSSR count). The molecule has 9 heteroatoms. The second kappa shape index (κ2) is 9.58. The van der Waals surface area contributed by atoms with Crippen LogP contribution in [0.2, 0.25) is 0 Å². The summed E-state index contributed by atoms with van der Waals surface area (Å²) < 4.78 is 22.1. The minimum Gasteiger partial charge on any atom is -0.598 e. The van der Waals surface area contributed by atoms with Crippen LogP contribution in [0.3, 0.4) is 0 Å². The SMILES string of the molecule is CCC(N[S@@+]([O-])C(C)(C)C)c1csc(C(=O)c2cn(C(=O)OC(C)(C)C)c3ccccc23)n1. The van der Waals surface area contributed by atoms with Crippen molar-refractivity contribution < 1.29 is 18.9 Å². The number of aromatic nitrogens is 2. The van der Waals surface area contributed by atoms with E-state index in [1.54, 1.807) is 32.9 Å². The number of rotatable bonds is 6. The number of para-hydroxylation sites is 1. The molecule has 0 radical (unpaired) electrons. The monoisotopic (exact) mass is 489 g/mol. The van der Waals surface area contributed by atoms with Gasteiger partial charge in [0.15, 0.2) is 5.01 Å². The summed E-state index contributed by atoms with van der Waals surface area (Å²) in [6.45, 7) is 13.1. The second-order valence-corrected chi connectivity index (χ2v) is 12.6. The van der Waals surface area contributed by atoms with Crippen LogP contribution in [0.15, 0.2) is 35.8 Å². The zero-order valence-corrected chi connectivity index (χ0v) is 21.7. The number of ether oxygens (including phenoxy) is 1. The van der Waals surface area contributed by atoms with E-state index >= 15 is 0 Å². The molecule has 2 heterocycles. The van der Waals surface area contributed by atoms with Crippen molar-refractivity contribution in [1.29, 1.82) is 0 Å². The molecule has 1 N–H and O–H groups in total. The summed E-state index contributed by atoms with van der Waals surface area (Å²) in [6, 6.07) is 6.99. The number of fused-ring (bicyclic) bond motifs is 1. The summed E-state index contributed by atoms with van der Waals surface area (Å²) in [5.41, 5.74) is 1.00. The van der Waals surface area contributed by atoms with E-state index in [9.17, 15) is 14.1 Å². The van der Waals surface area contributed by atoms with Gasteiger partial charge in [0, 0.05) is 28.3 Å². The molecule has 1 unspecified atom stereocenters. The van der Waals surface area contributed by atoms with Gasteiger partial charge < -0.3 is 9.29 Å². The van der Waals surface area contributed by atoms with Gasteiger partial charge in [0.2, 0.25) is 5.78 Å². The Bertz CT molecular complexity index is 1150. The first-order valence-electron chi connectivity index (χ1n) is 10.8. The lowest BCUT2D eigenvalue weighted by Crippen LogP contribution is -2.41. The predicted molar refractivity (Wildman–Crippen MR) is 133 cm³/mol. The predicted octanol–water partition coefficient (Wildman–Crippen LogP) is 5.61. The lowest BCUT2D eigenvalue weighted by molar-refractivity contribution is 0.0544. The van der Waals surface area contributed by atoms with Crippen LogP contribution in [-0.4, -0.2) is 36.3 Å². The van der Waals surface area contributed by atoms with Gasteiger partial charge in [-0.25, -0.2) is 9.78 Å². The van der Waals surface area contributed by atoms with Crippen LogP contribution in [0, 0.1) is 0 Å². The Balaban J connectivity index is 1.93. The number of nitrogens with one attached hydrogen (secondary N) is 1. The highest BCUT2D eigenvalue weighted by atomic mass is 32.2. The van der Waals surface area contributed by atoms with E-state index in [0.717, 1.165) is 0 Å². The average molecular weight is 490 g/mol. The lowest BCUT2D eigenvalue weighted by atomic mass is 10.1. The maximum atomic E-state index is 13.4. The van der Waals surface area contributed by atoms with Gasteiger partial charge >= 0.3 is 6.09 Å². The summed E-state index contributed by atoms with van der Waals surface area (Å²) in [5, 5.41) is 2.80. The van der Waals surface area contributed by atoms with Crippen LogP contribution in [0.1, 0.15) is 82.0 Å². The zero-order chi connectivity index (χ0) is 24.6.